The van der Waals surface area contributed by atoms with Crippen molar-refractivity contribution in [3.63, 3.8) is 0 Å². The lowest BCUT2D eigenvalue weighted by molar-refractivity contribution is 0.306. The Hall–Kier alpha value is -2.15. The van der Waals surface area contributed by atoms with Crippen LogP contribution in [0.15, 0.2) is 42.5 Å². The number of nitrogens with two attached hydrogens (primary N) is 1. The van der Waals surface area contributed by atoms with E-state index in [2.05, 4.69) is 11.8 Å². The molecule has 0 amide bonds. The van der Waals surface area contributed by atoms with E-state index in [-0.39, 0.29) is 0 Å². The van der Waals surface area contributed by atoms with Crippen LogP contribution in [0.2, 0.25) is 5.02 Å². The molecule has 4 heteroatoms. The smallest absolute Gasteiger partial charge is 0.134 e. The lowest BCUT2D eigenvalue weighted by atomic mass is 10.1. The van der Waals surface area contributed by atoms with Crippen molar-refractivity contribution in [2.75, 3.05) is 13.7 Å². The first kappa shape index (κ1) is 15.2. The summed E-state index contributed by atoms with van der Waals surface area (Å²) >= 11 is 5.84. The van der Waals surface area contributed by atoms with E-state index in [1.54, 1.807) is 19.2 Å². The fraction of sp³-hybridized carbons (Fsp3) is 0.176. The number of hydrogen-bond donors (Lipinski definition) is 1. The maximum atomic E-state index is 5.84. The van der Waals surface area contributed by atoms with Crippen molar-refractivity contribution >= 4 is 11.6 Å². The number of rotatable bonds is 4. The summed E-state index contributed by atoms with van der Waals surface area (Å²) in [7, 11) is 1.62. The zero-order chi connectivity index (χ0) is 15.1. The predicted octanol–water partition coefficient (Wildman–Crippen LogP) is 3.24. The van der Waals surface area contributed by atoms with Gasteiger partial charge in [0.05, 0.1) is 19.2 Å². The molecule has 0 heterocycles. The summed E-state index contributed by atoms with van der Waals surface area (Å²) in [6, 6.07) is 13.0. The van der Waals surface area contributed by atoms with Crippen LogP contribution in [0.1, 0.15) is 11.1 Å². The van der Waals surface area contributed by atoms with Crippen LogP contribution < -0.4 is 15.2 Å². The quantitative estimate of drug-likeness (QED) is 0.882. The summed E-state index contributed by atoms with van der Waals surface area (Å²) in [5, 5.41) is 0.686. The van der Waals surface area contributed by atoms with Crippen LogP contribution in [0.3, 0.4) is 0 Å². The highest BCUT2D eigenvalue weighted by atomic mass is 35.5. The third kappa shape index (κ3) is 4.42. The van der Waals surface area contributed by atoms with Gasteiger partial charge in [0.1, 0.15) is 18.1 Å². The maximum Gasteiger partial charge on any atom is 0.134 e. The zero-order valence-corrected chi connectivity index (χ0v) is 12.5. The molecule has 0 saturated carbocycles. The van der Waals surface area contributed by atoms with Crippen molar-refractivity contribution < 1.29 is 9.47 Å². The normalized spacial score (nSPS) is 9.67. The van der Waals surface area contributed by atoms with E-state index in [0.29, 0.717) is 18.2 Å². The van der Waals surface area contributed by atoms with Crippen molar-refractivity contribution in [1.29, 1.82) is 0 Å². The second-order valence-electron chi connectivity index (χ2n) is 4.28. The summed E-state index contributed by atoms with van der Waals surface area (Å²) in [5.41, 5.74) is 7.22. The Morgan fingerprint density at radius 2 is 1.90 bits per heavy atom. The first-order valence-electron chi connectivity index (χ1n) is 6.47. The standard InChI is InChI=1S/C17H16ClNO2/c1-20-17-9-4-13(11-14(17)3-2-10-19)12-21-16-7-5-15(18)6-8-16/h4-9,11H,10,12,19H2,1H3. The Kier molecular flexibility index (Phi) is 5.51. The van der Waals surface area contributed by atoms with Crippen LogP contribution in [0.25, 0.3) is 0 Å². The molecule has 0 radical (unpaired) electrons. The molecule has 108 valence electrons. The third-order valence-electron chi connectivity index (χ3n) is 2.81. The van der Waals surface area contributed by atoms with Gasteiger partial charge in [0.2, 0.25) is 0 Å². The largest absolute Gasteiger partial charge is 0.495 e. The van der Waals surface area contributed by atoms with Crippen molar-refractivity contribution in [2.45, 2.75) is 6.61 Å². The molecule has 0 aromatic heterocycles. The molecule has 2 N–H and O–H groups in total. The molecule has 0 aliphatic rings. The summed E-state index contributed by atoms with van der Waals surface area (Å²) in [6.45, 7) is 0.761. The number of hydrogen-bond acceptors (Lipinski definition) is 3. The van der Waals surface area contributed by atoms with Gasteiger partial charge in [-0.1, -0.05) is 29.5 Å². The molecule has 0 bridgehead atoms. The van der Waals surface area contributed by atoms with E-state index < -0.39 is 0 Å². The number of ether oxygens (including phenoxy) is 2. The molecular formula is C17H16ClNO2. The van der Waals surface area contributed by atoms with Gasteiger partial charge in [0, 0.05) is 5.02 Å². The third-order valence-corrected chi connectivity index (χ3v) is 3.06. The monoisotopic (exact) mass is 301 g/mol. The lowest BCUT2D eigenvalue weighted by Crippen LogP contribution is -1.98. The highest BCUT2D eigenvalue weighted by Gasteiger charge is 2.03. The van der Waals surface area contributed by atoms with Gasteiger partial charge in [0.15, 0.2) is 0 Å². The Labute approximate surface area is 129 Å². The lowest BCUT2D eigenvalue weighted by Gasteiger charge is -2.09. The van der Waals surface area contributed by atoms with Crippen LogP contribution in [0, 0.1) is 11.8 Å². The van der Waals surface area contributed by atoms with Crippen molar-refractivity contribution in [3.05, 3.63) is 58.6 Å². The van der Waals surface area contributed by atoms with Crippen molar-refractivity contribution in [3.8, 4) is 23.3 Å². The molecule has 0 aliphatic carbocycles. The minimum Gasteiger partial charge on any atom is -0.495 e. The summed E-state index contributed by atoms with van der Waals surface area (Å²) in [4.78, 5) is 0. The van der Waals surface area contributed by atoms with Gasteiger partial charge in [-0.15, -0.1) is 0 Å². The Bertz CT molecular complexity index is 657. The SMILES string of the molecule is COc1ccc(COc2ccc(Cl)cc2)cc1C#CCN. The molecule has 2 rings (SSSR count). The van der Waals surface area contributed by atoms with E-state index in [4.69, 9.17) is 26.8 Å². The fourth-order valence-electron chi connectivity index (χ4n) is 1.79. The maximum absolute atomic E-state index is 5.84. The Morgan fingerprint density at radius 1 is 1.14 bits per heavy atom. The summed E-state index contributed by atoms with van der Waals surface area (Å²) < 4.78 is 11.0. The average molecular weight is 302 g/mol. The van der Waals surface area contributed by atoms with Crippen LogP contribution >= 0.6 is 11.6 Å². The van der Waals surface area contributed by atoms with Crippen LogP contribution in [0.5, 0.6) is 11.5 Å². The van der Waals surface area contributed by atoms with Crippen molar-refractivity contribution in [2.24, 2.45) is 5.73 Å². The predicted molar refractivity (Wildman–Crippen MR) is 84.7 cm³/mol. The number of benzene rings is 2. The van der Waals surface area contributed by atoms with E-state index >= 15 is 0 Å². The van der Waals surface area contributed by atoms with Gasteiger partial charge in [0.25, 0.3) is 0 Å². The highest BCUT2D eigenvalue weighted by molar-refractivity contribution is 6.30. The summed E-state index contributed by atoms with van der Waals surface area (Å²) in [5.74, 6) is 7.32. The molecule has 0 saturated heterocycles. The highest BCUT2D eigenvalue weighted by Crippen LogP contribution is 2.21. The molecule has 2 aromatic carbocycles. The van der Waals surface area contributed by atoms with Crippen LogP contribution in [-0.2, 0) is 6.61 Å². The minimum absolute atomic E-state index is 0.314. The minimum atomic E-state index is 0.314. The number of methoxy groups -OCH3 is 1. The van der Waals surface area contributed by atoms with E-state index in [1.807, 2.05) is 30.3 Å². The van der Waals surface area contributed by atoms with E-state index in [9.17, 15) is 0 Å². The average Bonchev–Trinajstić information content (AvgIpc) is 2.52. The van der Waals surface area contributed by atoms with Gasteiger partial charge in [-0.05, 0) is 42.0 Å². The molecule has 0 unspecified atom stereocenters. The Morgan fingerprint density at radius 3 is 2.57 bits per heavy atom. The molecule has 3 nitrogen and oxygen atoms in total. The van der Waals surface area contributed by atoms with Gasteiger partial charge in [-0.2, -0.15) is 0 Å². The summed E-state index contributed by atoms with van der Waals surface area (Å²) in [6.07, 6.45) is 0. The first-order chi connectivity index (χ1) is 10.2. The van der Waals surface area contributed by atoms with Gasteiger partial charge < -0.3 is 15.2 Å². The molecular weight excluding hydrogens is 286 g/mol. The second-order valence-corrected chi connectivity index (χ2v) is 4.72. The zero-order valence-electron chi connectivity index (χ0n) is 11.7. The molecule has 0 atom stereocenters. The van der Waals surface area contributed by atoms with Crippen LogP contribution in [-0.4, -0.2) is 13.7 Å². The second kappa shape index (κ2) is 7.58. The van der Waals surface area contributed by atoms with Gasteiger partial charge in [-0.25, -0.2) is 0 Å². The molecule has 0 aliphatic heterocycles. The molecule has 0 spiro atoms. The number of halogens is 1. The van der Waals surface area contributed by atoms with Crippen LogP contribution in [0.4, 0.5) is 0 Å². The topological polar surface area (TPSA) is 44.5 Å². The molecule has 0 fully saturated rings. The first-order valence-corrected chi connectivity index (χ1v) is 6.85. The van der Waals surface area contributed by atoms with E-state index in [0.717, 1.165) is 22.6 Å². The van der Waals surface area contributed by atoms with Gasteiger partial charge in [-0.3, -0.25) is 0 Å². The molecule has 2 aromatic rings. The van der Waals surface area contributed by atoms with Crippen molar-refractivity contribution in [1.82, 2.24) is 0 Å². The fourth-order valence-corrected chi connectivity index (χ4v) is 1.91. The molecule has 21 heavy (non-hydrogen) atoms. The van der Waals surface area contributed by atoms with Gasteiger partial charge >= 0.3 is 0 Å². The van der Waals surface area contributed by atoms with E-state index in [1.165, 1.54) is 0 Å². The Balaban J connectivity index is 2.11.